The van der Waals surface area contributed by atoms with E-state index in [9.17, 15) is 18.0 Å². The number of imidazole rings is 1. The topological polar surface area (TPSA) is 45.8 Å². The second-order valence-electron chi connectivity index (χ2n) is 3.79. The fraction of sp³-hybridized carbons (Fsp3) is 0.167. The van der Waals surface area contributed by atoms with Gasteiger partial charge in [-0.3, -0.25) is 4.79 Å². The zero-order chi connectivity index (χ0) is 13.3. The average molecular weight is 254 g/mol. The van der Waals surface area contributed by atoms with E-state index >= 15 is 0 Å². The third-order valence-electron chi connectivity index (χ3n) is 2.48. The monoisotopic (exact) mass is 254 g/mol. The molecule has 1 N–H and O–H groups in total. The van der Waals surface area contributed by atoms with Gasteiger partial charge in [0.15, 0.2) is 12.1 Å². The fourth-order valence-corrected chi connectivity index (χ4v) is 1.66. The molecule has 18 heavy (non-hydrogen) atoms. The quantitative estimate of drug-likeness (QED) is 0.836. The Morgan fingerprint density at radius 3 is 2.61 bits per heavy atom. The lowest BCUT2D eigenvalue weighted by Crippen LogP contribution is -2.04. The van der Waals surface area contributed by atoms with Crippen molar-refractivity contribution < 1.29 is 18.0 Å². The first-order chi connectivity index (χ1) is 8.41. The number of alkyl halides is 3. The number of H-pyrrole nitrogens is 1. The van der Waals surface area contributed by atoms with Gasteiger partial charge in [-0.1, -0.05) is 12.1 Å². The molecule has 0 unspecified atom stereocenters. The van der Waals surface area contributed by atoms with Gasteiger partial charge in [0.1, 0.15) is 0 Å². The normalized spacial score (nSPS) is 11.6. The van der Waals surface area contributed by atoms with E-state index < -0.39 is 11.7 Å². The van der Waals surface area contributed by atoms with Crippen LogP contribution >= 0.6 is 0 Å². The summed E-state index contributed by atoms with van der Waals surface area (Å²) in [5.41, 5.74) is 0.487. The Bertz CT molecular complexity index is 587. The van der Waals surface area contributed by atoms with Crippen molar-refractivity contribution in [1.29, 1.82) is 0 Å². The highest BCUT2D eigenvalue weighted by atomic mass is 19.4. The van der Waals surface area contributed by atoms with Crippen molar-refractivity contribution in [2.45, 2.75) is 13.1 Å². The largest absolute Gasteiger partial charge is 0.416 e. The van der Waals surface area contributed by atoms with Crippen LogP contribution in [-0.2, 0) is 6.18 Å². The Morgan fingerprint density at radius 1 is 1.33 bits per heavy atom. The first kappa shape index (κ1) is 12.3. The van der Waals surface area contributed by atoms with Crippen molar-refractivity contribution in [1.82, 2.24) is 9.97 Å². The third-order valence-corrected chi connectivity index (χ3v) is 2.48. The summed E-state index contributed by atoms with van der Waals surface area (Å²) in [5.74, 6) is 0.0971. The molecule has 0 radical (unpaired) electrons. The summed E-state index contributed by atoms with van der Waals surface area (Å²) in [7, 11) is 0. The number of aromatic amines is 1. The van der Waals surface area contributed by atoms with E-state index in [1.54, 1.807) is 6.92 Å². The zero-order valence-corrected chi connectivity index (χ0v) is 9.38. The lowest BCUT2D eigenvalue weighted by Gasteiger charge is -2.07. The number of carbonyl (C=O) groups is 1. The van der Waals surface area contributed by atoms with Gasteiger partial charge < -0.3 is 4.98 Å². The Hall–Kier alpha value is -2.11. The summed E-state index contributed by atoms with van der Waals surface area (Å²) in [6.45, 7) is 1.65. The molecule has 0 aliphatic heterocycles. The summed E-state index contributed by atoms with van der Waals surface area (Å²) in [4.78, 5) is 17.2. The molecule has 1 aromatic carbocycles. The van der Waals surface area contributed by atoms with E-state index in [1.807, 2.05) is 0 Å². The van der Waals surface area contributed by atoms with Crippen LogP contribution in [0.3, 0.4) is 0 Å². The van der Waals surface area contributed by atoms with Gasteiger partial charge in [0, 0.05) is 11.3 Å². The number of hydrogen-bond donors (Lipinski definition) is 1. The molecule has 0 aliphatic carbocycles. The SMILES string of the molecule is Cc1[nH]c(C=O)nc1-c1cccc(C(F)(F)F)c1. The molecule has 2 rings (SSSR count). The number of benzene rings is 1. The van der Waals surface area contributed by atoms with Crippen LogP contribution in [0.4, 0.5) is 13.2 Å². The molecule has 0 fully saturated rings. The van der Waals surface area contributed by atoms with Crippen LogP contribution < -0.4 is 0 Å². The summed E-state index contributed by atoms with van der Waals surface area (Å²) in [6, 6.07) is 4.84. The highest BCUT2D eigenvalue weighted by Crippen LogP contribution is 2.32. The molecule has 0 amide bonds. The van der Waals surface area contributed by atoms with Crippen molar-refractivity contribution >= 4 is 6.29 Å². The number of hydrogen-bond acceptors (Lipinski definition) is 2. The number of nitrogens with one attached hydrogen (secondary N) is 1. The molecule has 2 aromatic rings. The number of aldehydes is 1. The van der Waals surface area contributed by atoms with Gasteiger partial charge in [-0.2, -0.15) is 13.2 Å². The zero-order valence-electron chi connectivity index (χ0n) is 9.38. The molecule has 1 aromatic heterocycles. The third kappa shape index (κ3) is 2.27. The summed E-state index contributed by atoms with van der Waals surface area (Å²) in [5, 5.41) is 0. The van der Waals surface area contributed by atoms with Crippen molar-refractivity contribution in [3.63, 3.8) is 0 Å². The molecule has 0 atom stereocenters. The van der Waals surface area contributed by atoms with Crippen LogP contribution in [-0.4, -0.2) is 16.3 Å². The number of rotatable bonds is 2. The lowest BCUT2D eigenvalue weighted by atomic mass is 10.1. The molecule has 0 saturated heterocycles. The van der Waals surface area contributed by atoms with Gasteiger partial charge in [0.2, 0.25) is 0 Å². The maximum Gasteiger partial charge on any atom is 0.416 e. The van der Waals surface area contributed by atoms with E-state index in [4.69, 9.17) is 0 Å². The highest BCUT2D eigenvalue weighted by molar-refractivity contribution is 5.73. The Balaban J connectivity index is 2.51. The van der Waals surface area contributed by atoms with Gasteiger partial charge in [-0.25, -0.2) is 4.98 Å². The maximum absolute atomic E-state index is 12.6. The lowest BCUT2D eigenvalue weighted by molar-refractivity contribution is -0.137. The molecule has 0 saturated carbocycles. The minimum Gasteiger partial charge on any atom is -0.339 e. The second kappa shape index (κ2) is 4.29. The van der Waals surface area contributed by atoms with Gasteiger partial charge in [-0.15, -0.1) is 0 Å². The molecular weight excluding hydrogens is 245 g/mol. The Morgan fingerprint density at radius 2 is 2.06 bits per heavy atom. The van der Waals surface area contributed by atoms with Crippen LogP contribution in [0.25, 0.3) is 11.3 Å². The van der Waals surface area contributed by atoms with Crippen LogP contribution in [0.1, 0.15) is 21.9 Å². The summed E-state index contributed by atoms with van der Waals surface area (Å²) >= 11 is 0. The van der Waals surface area contributed by atoms with Gasteiger partial charge in [-0.05, 0) is 19.1 Å². The van der Waals surface area contributed by atoms with E-state index in [-0.39, 0.29) is 5.82 Å². The van der Waals surface area contributed by atoms with Crippen LogP contribution in [0.2, 0.25) is 0 Å². The minimum absolute atomic E-state index is 0.0971. The Labute approximate surface area is 101 Å². The molecule has 0 aliphatic rings. The van der Waals surface area contributed by atoms with E-state index in [0.717, 1.165) is 12.1 Å². The first-order valence-corrected chi connectivity index (χ1v) is 5.11. The molecule has 6 heteroatoms. The number of nitrogens with zero attached hydrogens (tertiary/aromatic N) is 1. The molecule has 1 heterocycles. The first-order valence-electron chi connectivity index (χ1n) is 5.11. The van der Waals surface area contributed by atoms with Crippen molar-refractivity contribution in [3.05, 3.63) is 41.3 Å². The summed E-state index contributed by atoms with van der Waals surface area (Å²) in [6.07, 6.45) is -3.88. The van der Waals surface area contributed by atoms with E-state index in [0.29, 0.717) is 23.2 Å². The standard InChI is InChI=1S/C12H9F3N2O/c1-7-11(17-10(6-18)16-7)8-3-2-4-9(5-8)12(13,14)15/h2-6H,1H3,(H,16,17). The van der Waals surface area contributed by atoms with Gasteiger partial charge >= 0.3 is 6.18 Å². The van der Waals surface area contributed by atoms with Crippen LogP contribution in [0, 0.1) is 6.92 Å². The fourth-order valence-electron chi connectivity index (χ4n) is 1.66. The smallest absolute Gasteiger partial charge is 0.339 e. The van der Waals surface area contributed by atoms with Gasteiger partial charge in [0.05, 0.1) is 11.3 Å². The second-order valence-corrected chi connectivity index (χ2v) is 3.79. The van der Waals surface area contributed by atoms with Gasteiger partial charge in [0.25, 0.3) is 0 Å². The summed E-state index contributed by atoms with van der Waals surface area (Å²) < 4.78 is 37.7. The van der Waals surface area contributed by atoms with E-state index in [2.05, 4.69) is 9.97 Å². The number of aromatic nitrogens is 2. The number of aryl methyl sites for hydroxylation is 1. The number of carbonyl (C=O) groups excluding carboxylic acids is 1. The molecule has 0 spiro atoms. The molecule has 0 bridgehead atoms. The van der Waals surface area contributed by atoms with Crippen molar-refractivity contribution in [3.8, 4) is 11.3 Å². The van der Waals surface area contributed by atoms with Crippen LogP contribution in [0.5, 0.6) is 0 Å². The maximum atomic E-state index is 12.6. The number of halogens is 3. The van der Waals surface area contributed by atoms with E-state index in [1.165, 1.54) is 12.1 Å². The average Bonchev–Trinajstić information content (AvgIpc) is 2.70. The molecule has 3 nitrogen and oxygen atoms in total. The predicted molar refractivity (Wildman–Crippen MR) is 59.2 cm³/mol. The van der Waals surface area contributed by atoms with Crippen LogP contribution in [0.15, 0.2) is 24.3 Å². The molecule has 94 valence electrons. The van der Waals surface area contributed by atoms with Crippen molar-refractivity contribution in [2.24, 2.45) is 0 Å². The Kier molecular flexibility index (Phi) is 2.94. The molecular formula is C12H9F3N2O. The highest BCUT2D eigenvalue weighted by Gasteiger charge is 2.30. The predicted octanol–water partition coefficient (Wildman–Crippen LogP) is 3.22. The minimum atomic E-state index is -4.40. The van der Waals surface area contributed by atoms with Crippen molar-refractivity contribution in [2.75, 3.05) is 0 Å².